The number of rotatable bonds is 3. The Kier molecular flexibility index (Phi) is 6.28. The number of nitrogens with zero attached hydrogens (tertiary/aromatic N) is 1. The fraction of sp³-hybridized carbons (Fsp3) is 0.227. The summed E-state index contributed by atoms with van der Waals surface area (Å²) in [4.78, 5) is 15.4. The standard InChI is InChI=1S/C22H21Br2NO/c1-15(2)25-13-18(9-16-5-3-7-20(23)11-16)22(26)19(14-25)10-17-6-4-8-21(24)12-17/h3-12,15H,13-14H2,1-2H3. The number of piperidine rings is 1. The van der Waals surface area contributed by atoms with E-state index >= 15 is 0 Å². The summed E-state index contributed by atoms with van der Waals surface area (Å²) < 4.78 is 2.03. The summed E-state index contributed by atoms with van der Waals surface area (Å²) >= 11 is 7.00. The van der Waals surface area contributed by atoms with Gasteiger partial charge in [-0.05, 0) is 61.4 Å². The number of Topliss-reactive ketones (excluding diaryl/α,β-unsaturated/α-hetero) is 1. The smallest absolute Gasteiger partial charge is 0.187 e. The van der Waals surface area contributed by atoms with Crippen LogP contribution < -0.4 is 0 Å². The molecule has 3 rings (SSSR count). The van der Waals surface area contributed by atoms with Gasteiger partial charge >= 0.3 is 0 Å². The number of halogens is 2. The summed E-state index contributed by atoms with van der Waals surface area (Å²) in [7, 11) is 0. The molecule has 0 amide bonds. The number of ketones is 1. The topological polar surface area (TPSA) is 20.3 Å². The third-order valence-corrected chi connectivity index (χ3v) is 5.43. The van der Waals surface area contributed by atoms with E-state index in [0.29, 0.717) is 19.1 Å². The SMILES string of the molecule is CC(C)N1CC(=Cc2cccc(Br)c2)C(=O)C(=Cc2cccc(Br)c2)C1. The van der Waals surface area contributed by atoms with Crippen molar-refractivity contribution in [1.82, 2.24) is 4.90 Å². The zero-order valence-electron chi connectivity index (χ0n) is 14.9. The molecule has 2 nitrogen and oxygen atoms in total. The number of carbonyl (C=O) groups is 1. The molecule has 1 heterocycles. The minimum absolute atomic E-state index is 0.141. The molecule has 1 saturated heterocycles. The van der Waals surface area contributed by atoms with Crippen molar-refractivity contribution < 1.29 is 4.79 Å². The van der Waals surface area contributed by atoms with Crippen LogP contribution in [0.2, 0.25) is 0 Å². The molecule has 4 heteroatoms. The third kappa shape index (κ3) is 4.81. The molecule has 0 N–H and O–H groups in total. The van der Waals surface area contributed by atoms with Crippen molar-refractivity contribution in [3.05, 3.63) is 79.7 Å². The van der Waals surface area contributed by atoms with Crippen LogP contribution >= 0.6 is 31.9 Å². The number of benzene rings is 2. The van der Waals surface area contributed by atoms with E-state index in [1.165, 1.54) is 0 Å². The summed E-state index contributed by atoms with van der Waals surface area (Å²) in [5.74, 6) is 0.141. The van der Waals surface area contributed by atoms with E-state index in [0.717, 1.165) is 31.2 Å². The van der Waals surface area contributed by atoms with Crippen LogP contribution in [-0.2, 0) is 4.79 Å². The summed E-state index contributed by atoms with van der Waals surface area (Å²) in [5.41, 5.74) is 3.75. The molecule has 0 saturated carbocycles. The lowest BCUT2D eigenvalue weighted by atomic mass is 9.93. The predicted octanol–water partition coefficient (Wildman–Crippen LogP) is 5.97. The molecule has 1 fully saturated rings. The van der Waals surface area contributed by atoms with Gasteiger partial charge in [0, 0.05) is 39.2 Å². The fourth-order valence-corrected chi connectivity index (χ4v) is 3.86. The van der Waals surface area contributed by atoms with Crippen LogP contribution in [0.4, 0.5) is 0 Å². The van der Waals surface area contributed by atoms with Gasteiger partial charge in [0.2, 0.25) is 0 Å². The second-order valence-corrected chi connectivity index (χ2v) is 8.61. The Morgan fingerprint density at radius 2 is 1.35 bits per heavy atom. The van der Waals surface area contributed by atoms with E-state index in [-0.39, 0.29) is 5.78 Å². The van der Waals surface area contributed by atoms with Crippen LogP contribution in [0.1, 0.15) is 25.0 Å². The molecule has 2 aromatic carbocycles. The Morgan fingerprint density at radius 3 is 1.73 bits per heavy atom. The number of hydrogen-bond acceptors (Lipinski definition) is 2. The molecule has 0 atom stereocenters. The predicted molar refractivity (Wildman–Crippen MR) is 116 cm³/mol. The van der Waals surface area contributed by atoms with Crippen molar-refractivity contribution in [1.29, 1.82) is 0 Å². The fourth-order valence-electron chi connectivity index (χ4n) is 3.03. The van der Waals surface area contributed by atoms with E-state index in [2.05, 4.69) is 50.6 Å². The maximum Gasteiger partial charge on any atom is 0.187 e. The maximum atomic E-state index is 13.1. The normalized spacial score (nSPS) is 18.9. The van der Waals surface area contributed by atoms with E-state index in [9.17, 15) is 4.79 Å². The van der Waals surface area contributed by atoms with Crippen molar-refractivity contribution in [2.24, 2.45) is 0 Å². The number of likely N-dealkylation sites (tertiary alicyclic amines) is 1. The second-order valence-electron chi connectivity index (χ2n) is 6.78. The van der Waals surface area contributed by atoms with E-state index in [1.54, 1.807) is 0 Å². The summed E-state index contributed by atoms with van der Waals surface area (Å²) in [5, 5.41) is 0. The zero-order chi connectivity index (χ0) is 18.7. The molecule has 1 aliphatic heterocycles. The van der Waals surface area contributed by atoms with Crippen molar-refractivity contribution in [3.8, 4) is 0 Å². The molecule has 0 bridgehead atoms. The van der Waals surface area contributed by atoms with E-state index in [4.69, 9.17) is 0 Å². The summed E-state index contributed by atoms with van der Waals surface area (Å²) in [6, 6.07) is 16.4. The molecule has 0 aliphatic carbocycles. The van der Waals surface area contributed by atoms with Gasteiger partial charge in [-0.2, -0.15) is 0 Å². The van der Waals surface area contributed by atoms with Gasteiger partial charge in [-0.1, -0.05) is 56.1 Å². The summed E-state index contributed by atoms with van der Waals surface area (Å²) in [6.45, 7) is 5.70. The zero-order valence-corrected chi connectivity index (χ0v) is 18.0. The highest BCUT2D eigenvalue weighted by atomic mass is 79.9. The van der Waals surface area contributed by atoms with Crippen molar-refractivity contribution >= 4 is 49.8 Å². The van der Waals surface area contributed by atoms with Crippen LogP contribution in [-0.4, -0.2) is 29.8 Å². The first-order valence-electron chi connectivity index (χ1n) is 8.63. The van der Waals surface area contributed by atoms with Gasteiger partial charge in [0.15, 0.2) is 5.78 Å². The first kappa shape index (κ1) is 19.3. The Hall–Kier alpha value is -1.49. The van der Waals surface area contributed by atoms with Gasteiger partial charge < -0.3 is 0 Å². The average molecular weight is 475 g/mol. The molecular weight excluding hydrogens is 454 g/mol. The molecule has 0 aromatic heterocycles. The average Bonchev–Trinajstić information content (AvgIpc) is 2.58. The van der Waals surface area contributed by atoms with Gasteiger partial charge in [0.25, 0.3) is 0 Å². The highest BCUT2D eigenvalue weighted by Crippen LogP contribution is 2.25. The Balaban J connectivity index is 1.99. The Bertz CT molecular complexity index is 816. The number of carbonyl (C=O) groups excluding carboxylic acids is 1. The monoisotopic (exact) mass is 473 g/mol. The summed E-state index contributed by atoms with van der Waals surface area (Å²) in [6.07, 6.45) is 4.02. The molecule has 134 valence electrons. The first-order chi connectivity index (χ1) is 12.4. The highest BCUT2D eigenvalue weighted by Gasteiger charge is 2.27. The van der Waals surface area contributed by atoms with Crippen molar-refractivity contribution in [3.63, 3.8) is 0 Å². The Morgan fingerprint density at radius 1 is 0.885 bits per heavy atom. The molecule has 0 radical (unpaired) electrons. The molecule has 0 spiro atoms. The van der Waals surface area contributed by atoms with Crippen LogP contribution in [0.5, 0.6) is 0 Å². The minimum atomic E-state index is 0.141. The first-order valence-corrected chi connectivity index (χ1v) is 10.2. The Labute approximate surface area is 171 Å². The van der Waals surface area contributed by atoms with Gasteiger partial charge in [-0.3, -0.25) is 9.69 Å². The minimum Gasteiger partial charge on any atom is -0.292 e. The van der Waals surface area contributed by atoms with Crippen LogP contribution in [0.3, 0.4) is 0 Å². The van der Waals surface area contributed by atoms with Crippen molar-refractivity contribution in [2.45, 2.75) is 19.9 Å². The highest BCUT2D eigenvalue weighted by molar-refractivity contribution is 9.10. The van der Waals surface area contributed by atoms with Gasteiger partial charge in [0.1, 0.15) is 0 Å². The molecule has 0 unspecified atom stereocenters. The van der Waals surface area contributed by atoms with Crippen LogP contribution in [0.25, 0.3) is 12.2 Å². The molecule has 1 aliphatic rings. The lowest BCUT2D eigenvalue weighted by molar-refractivity contribution is -0.113. The third-order valence-electron chi connectivity index (χ3n) is 4.44. The quantitative estimate of drug-likeness (QED) is 0.510. The van der Waals surface area contributed by atoms with Gasteiger partial charge in [-0.15, -0.1) is 0 Å². The second kappa shape index (κ2) is 8.47. The van der Waals surface area contributed by atoms with Gasteiger partial charge in [-0.25, -0.2) is 0 Å². The van der Waals surface area contributed by atoms with Crippen LogP contribution in [0.15, 0.2) is 68.6 Å². The van der Waals surface area contributed by atoms with E-state index in [1.807, 2.05) is 60.7 Å². The maximum absolute atomic E-state index is 13.1. The van der Waals surface area contributed by atoms with E-state index < -0.39 is 0 Å². The largest absolute Gasteiger partial charge is 0.292 e. The number of hydrogen-bond donors (Lipinski definition) is 0. The lowest BCUT2D eigenvalue weighted by Crippen LogP contribution is -2.41. The molecular formula is C22H21Br2NO. The van der Waals surface area contributed by atoms with Crippen LogP contribution in [0, 0.1) is 0 Å². The lowest BCUT2D eigenvalue weighted by Gasteiger charge is -2.32. The van der Waals surface area contributed by atoms with Crippen molar-refractivity contribution in [2.75, 3.05) is 13.1 Å². The molecule has 2 aromatic rings. The molecule has 26 heavy (non-hydrogen) atoms. The van der Waals surface area contributed by atoms with Gasteiger partial charge in [0.05, 0.1) is 0 Å².